The van der Waals surface area contributed by atoms with Crippen LogP contribution in [-0.4, -0.2) is 63.9 Å². The molecular weight excluding hydrogens is 259 g/mol. The van der Waals surface area contributed by atoms with Crippen LogP contribution in [0, 0.1) is 0 Å². The first-order chi connectivity index (χ1) is 7.43. The van der Waals surface area contributed by atoms with Crippen LogP contribution in [-0.2, 0) is 10.1 Å². The van der Waals surface area contributed by atoms with E-state index >= 15 is 0 Å². The van der Waals surface area contributed by atoms with Gasteiger partial charge in [-0.3, -0.25) is 4.55 Å². The second kappa shape index (κ2) is 6.46. The molecule has 1 N–H and O–H groups in total. The van der Waals surface area contributed by atoms with Crippen molar-refractivity contribution in [3.05, 3.63) is 12.1 Å². The van der Waals surface area contributed by atoms with Gasteiger partial charge in [0.15, 0.2) is 11.5 Å². The van der Waals surface area contributed by atoms with Crippen molar-refractivity contribution in [2.45, 2.75) is 4.90 Å². The van der Waals surface area contributed by atoms with Crippen molar-refractivity contribution in [1.29, 1.82) is 0 Å². The minimum Gasteiger partial charge on any atom is -0.493 e. The third kappa shape index (κ3) is 3.75. The van der Waals surface area contributed by atoms with Gasteiger partial charge < -0.3 is 14.2 Å². The Morgan fingerprint density at radius 2 is 1.41 bits per heavy atom. The summed E-state index contributed by atoms with van der Waals surface area (Å²) in [5.41, 5.74) is 0. The van der Waals surface area contributed by atoms with Crippen molar-refractivity contribution in [3.63, 3.8) is 0 Å². The van der Waals surface area contributed by atoms with E-state index in [2.05, 4.69) is 0 Å². The second-order valence-electron chi connectivity index (χ2n) is 2.84. The largest absolute Gasteiger partial charge is 0.493 e. The molecule has 17 heavy (non-hydrogen) atoms. The van der Waals surface area contributed by atoms with Crippen LogP contribution in [0.4, 0.5) is 0 Å². The molecule has 0 heterocycles. The first-order valence-corrected chi connectivity index (χ1v) is 5.65. The van der Waals surface area contributed by atoms with E-state index in [0.29, 0.717) is 0 Å². The topological polar surface area (TPSA) is 82.1 Å². The van der Waals surface area contributed by atoms with Gasteiger partial charge in [-0.2, -0.15) is 8.42 Å². The zero-order valence-electron chi connectivity index (χ0n) is 10.1. The SMILES string of the molecule is COc1cc(S(=O)(=O)O)cc(OC)c1OC.[Na]. The molecule has 0 amide bonds. The summed E-state index contributed by atoms with van der Waals surface area (Å²) in [6.45, 7) is 0. The molecule has 1 aromatic rings. The number of methoxy groups -OCH3 is 3. The number of benzene rings is 1. The standard InChI is InChI=1S/C9H12O6S.Na/c1-13-7-4-6(16(10,11)12)5-8(14-2)9(7)15-3;/h4-5H,1-3H3,(H,10,11,12);. The van der Waals surface area contributed by atoms with Crippen molar-refractivity contribution in [1.82, 2.24) is 0 Å². The maximum Gasteiger partial charge on any atom is 0.294 e. The van der Waals surface area contributed by atoms with Crippen LogP contribution in [0.25, 0.3) is 0 Å². The molecule has 1 radical (unpaired) electrons. The van der Waals surface area contributed by atoms with Crippen molar-refractivity contribution < 1.29 is 27.2 Å². The molecule has 91 valence electrons. The summed E-state index contributed by atoms with van der Waals surface area (Å²) in [5.74, 6) is 0.585. The van der Waals surface area contributed by atoms with Crippen LogP contribution in [0.15, 0.2) is 17.0 Å². The molecule has 6 nitrogen and oxygen atoms in total. The van der Waals surface area contributed by atoms with Crippen LogP contribution in [0.1, 0.15) is 0 Å². The smallest absolute Gasteiger partial charge is 0.294 e. The van der Waals surface area contributed by atoms with Crippen LogP contribution < -0.4 is 14.2 Å². The quantitative estimate of drug-likeness (QED) is 0.637. The summed E-state index contributed by atoms with van der Waals surface area (Å²) in [6.07, 6.45) is 0. The van der Waals surface area contributed by atoms with Gasteiger partial charge >= 0.3 is 0 Å². The molecule has 0 saturated heterocycles. The molecule has 1 rings (SSSR count). The van der Waals surface area contributed by atoms with Crippen molar-refractivity contribution in [3.8, 4) is 17.2 Å². The molecular formula is C9H12NaO6S. The Bertz CT molecular complexity index is 459. The molecule has 0 bridgehead atoms. The maximum atomic E-state index is 11.0. The fourth-order valence-corrected chi connectivity index (χ4v) is 1.72. The Morgan fingerprint density at radius 1 is 1.00 bits per heavy atom. The zero-order valence-corrected chi connectivity index (χ0v) is 12.9. The van der Waals surface area contributed by atoms with Crippen molar-refractivity contribution >= 4 is 39.7 Å². The van der Waals surface area contributed by atoms with Crippen molar-refractivity contribution in [2.24, 2.45) is 0 Å². The summed E-state index contributed by atoms with van der Waals surface area (Å²) < 4.78 is 45.7. The molecule has 0 aromatic heterocycles. The molecule has 0 aliphatic heterocycles. The number of rotatable bonds is 4. The second-order valence-corrected chi connectivity index (χ2v) is 4.26. The molecule has 0 atom stereocenters. The Morgan fingerprint density at radius 3 is 1.65 bits per heavy atom. The van der Waals surface area contributed by atoms with E-state index in [0.717, 1.165) is 12.1 Å². The Hall–Kier alpha value is -0.470. The van der Waals surface area contributed by atoms with E-state index in [9.17, 15) is 8.42 Å². The van der Waals surface area contributed by atoms with Crippen LogP contribution in [0.3, 0.4) is 0 Å². The summed E-state index contributed by atoms with van der Waals surface area (Å²) in [7, 11) is -0.208. The van der Waals surface area contributed by atoms with E-state index in [1.165, 1.54) is 21.3 Å². The predicted octanol–water partition coefficient (Wildman–Crippen LogP) is 0.578. The molecule has 0 spiro atoms. The van der Waals surface area contributed by atoms with Crippen LogP contribution in [0.2, 0.25) is 0 Å². The van der Waals surface area contributed by atoms with Gasteiger partial charge in [0.2, 0.25) is 5.75 Å². The van der Waals surface area contributed by atoms with Crippen molar-refractivity contribution in [2.75, 3.05) is 21.3 Å². The first-order valence-electron chi connectivity index (χ1n) is 4.21. The summed E-state index contributed by atoms with van der Waals surface area (Å²) in [4.78, 5) is -0.318. The van der Waals surface area contributed by atoms with E-state index in [1.54, 1.807) is 0 Å². The molecule has 0 aliphatic rings. The Kier molecular flexibility index (Phi) is 6.28. The van der Waals surface area contributed by atoms with E-state index in [4.69, 9.17) is 18.8 Å². The van der Waals surface area contributed by atoms with Gasteiger partial charge in [-0.15, -0.1) is 0 Å². The minimum absolute atomic E-state index is 0. The van der Waals surface area contributed by atoms with Gasteiger partial charge in [-0.05, 0) is 0 Å². The van der Waals surface area contributed by atoms with Gasteiger partial charge in [-0.1, -0.05) is 0 Å². The van der Waals surface area contributed by atoms with Gasteiger partial charge in [0.25, 0.3) is 10.1 Å². The molecule has 0 fully saturated rings. The zero-order chi connectivity index (χ0) is 12.3. The third-order valence-corrected chi connectivity index (χ3v) is 2.77. The van der Waals surface area contributed by atoms with E-state index in [-0.39, 0.29) is 51.7 Å². The third-order valence-electron chi connectivity index (χ3n) is 1.94. The fourth-order valence-electron chi connectivity index (χ4n) is 1.21. The average Bonchev–Trinajstić information content (AvgIpc) is 2.25. The number of hydrogen-bond acceptors (Lipinski definition) is 5. The first kappa shape index (κ1) is 16.5. The Balaban J connectivity index is 0.00000256. The minimum atomic E-state index is -4.31. The fraction of sp³-hybridized carbons (Fsp3) is 0.333. The molecule has 8 heteroatoms. The van der Waals surface area contributed by atoms with E-state index < -0.39 is 10.1 Å². The summed E-state index contributed by atoms with van der Waals surface area (Å²) in [5, 5.41) is 0. The van der Waals surface area contributed by atoms with Gasteiger partial charge in [-0.25, -0.2) is 0 Å². The summed E-state index contributed by atoms with van der Waals surface area (Å²) >= 11 is 0. The maximum absolute atomic E-state index is 11.0. The van der Waals surface area contributed by atoms with Gasteiger partial charge in [0.1, 0.15) is 4.90 Å². The molecule has 0 aliphatic carbocycles. The Labute approximate surface area is 122 Å². The van der Waals surface area contributed by atoms with Crippen LogP contribution >= 0.6 is 0 Å². The number of ether oxygens (including phenoxy) is 3. The monoisotopic (exact) mass is 271 g/mol. The predicted molar refractivity (Wildman–Crippen MR) is 61.7 cm³/mol. The molecule has 1 aromatic carbocycles. The average molecular weight is 271 g/mol. The van der Waals surface area contributed by atoms with E-state index in [1.807, 2.05) is 0 Å². The normalized spacial score (nSPS) is 10.4. The van der Waals surface area contributed by atoms with Crippen LogP contribution in [0.5, 0.6) is 17.2 Å². The molecule has 0 unspecified atom stereocenters. The number of hydrogen-bond donors (Lipinski definition) is 1. The van der Waals surface area contributed by atoms with Gasteiger partial charge in [0.05, 0.1) is 21.3 Å². The summed E-state index contributed by atoms with van der Waals surface area (Å²) in [6, 6.07) is 2.30. The van der Waals surface area contributed by atoms with Gasteiger partial charge in [0, 0.05) is 41.7 Å². The molecule has 0 saturated carbocycles.